The lowest BCUT2D eigenvalue weighted by atomic mass is 10.3. The first kappa shape index (κ1) is 14.2. The SMILES string of the molecule is COc1ccc(OCC#Cc2cccc(C)n2)c(Cl)c1. The number of hydrogen-bond acceptors (Lipinski definition) is 3. The molecule has 0 spiro atoms. The van der Waals surface area contributed by atoms with Crippen molar-refractivity contribution in [2.24, 2.45) is 0 Å². The molecule has 0 fully saturated rings. The highest BCUT2D eigenvalue weighted by Crippen LogP contribution is 2.28. The minimum atomic E-state index is 0.252. The van der Waals surface area contributed by atoms with E-state index in [1.807, 2.05) is 25.1 Å². The van der Waals surface area contributed by atoms with E-state index in [2.05, 4.69) is 16.8 Å². The van der Waals surface area contributed by atoms with Gasteiger partial charge in [0.05, 0.1) is 12.1 Å². The standard InChI is InChI=1S/C16H14ClNO2/c1-12-5-3-6-13(18-12)7-4-10-20-16-9-8-14(19-2)11-15(16)17/h3,5-6,8-9,11H,10H2,1-2H3. The lowest BCUT2D eigenvalue weighted by molar-refractivity contribution is 0.368. The summed E-state index contributed by atoms with van der Waals surface area (Å²) < 4.78 is 10.6. The zero-order valence-corrected chi connectivity index (χ0v) is 12.1. The van der Waals surface area contributed by atoms with E-state index in [0.29, 0.717) is 16.5 Å². The molecule has 2 aromatic rings. The van der Waals surface area contributed by atoms with Crippen LogP contribution in [-0.2, 0) is 0 Å². The molecule has 0 saturated heterocycles. The third-order valence-corrected chi connectivity index (χ3v) is 2.84. The zero-order valence-electron chi connectivity index (χ0n) is 11.3. The Balaban J connectivity index is 1.97. The Morgan fingerprint density at radius 3 is 2.80 bits per heavy atom. The van der Waals surface area contributed by atoms with Gasteiger partial charge in [-0.1, -0.05) is 23.6 Å². The molecule has 4 heteroatoms. The molecule has 1 heterocycles. The highest BCUT2D eigenvalue weighted by molar-refractivity contribution is 6.32. The number of rotatable bonds is 3. The van der Waals surface area contributed by atoms with Gasteiger partial charge in [-0.15, -0.1) is 0 Å². The maximum atomic E-state index is 6.06. The Kier molecular flexibility index (Phi) is 4.86. The molecular weight excluding hydrogens is 274 g/mol. The molecule has 20 heavy (non-hydrogen) atoms. The van der Waals surface area contributed by atoms with E-state index in [1.54, 1.807) is 25.3 Å². The largest absolute Gasteiger partial charge is 0.497 e. The molecule has 0 N–H and O–H groups in total. The smallest absolute Gasteiger partial charge is 0.149 e. The van der Waals surface area contributed by atoms with Gasteiger partial charge >= 0.3 is 0 Å². The molecule has 1 aromatic heterocycles. The summed E-state index contributed by atoms with van der Waals surface area (Å²) >= 11 is 6.06. The molecule has 0 unspecified atom stereocenters. The summed E-state index contributed by atoms with van der Waals surface area (Å²) in [6.07, 6.45) is 0. The van der Waals surface area contributed by atoms with Crippen LogP contribution in [0.2, 0.25) is 5.02 Å². The number of ether oxygens (including phenoxy) is 2. The first-order valence-electron chi connectivity index (χ1n) is 6.08. The maximum absolute atomic E-state index is 6.06. The van der Waals surface area contributed by atoms with Crippen LogP contribution in [0.3, 0.4) is 0 Å². The van der Waals surface area contributed by atoms with E-state index >= 15 is 0 Å². The minimum Gasteiger partial charge on any atom is -0.497 e. The molecule has 3 nitrogen and oxygen atoms in total. The van der Waals surface area contributed by atoms with Crippen LogP contribution in [0.25, 0.3) is 0 Å². The Labute approximate surface area is 123 Å². The van der Waals surface area contributed by atoms with Gasteiger partial charge in [0.2, 0.25) is 0 Å². The quantitative estimate of drug-likeness (QED) is 0.810. The minimum absolute atomic E-state index is 0.252. The van der Waals surface area contributed by atoms with Crippen molar-refractivity contribution < 1.29 is 9.47 Å². The summed E-state index contributed by atoms with van der Waals surface area (Å²) in [6, 6.07) is 11.0. The van der Waals surface area contributed by atoms with Crippen molar-refractivity contribution in [3.05, 3.63) is 52.8 Å². The first-order valence-corrected chi connectivity index (χ1v) is 6.45. The Bertz CT molecular complexity index is 659. The number of benzene rings is 1. The second-order valence-corrected chi connectivity index (χ2v) is 4.46. The number of aryl methyl sites for hydroxylation is 1. The van der Waals surface area contributed by atoms with Crippen LogP contribution in [-0.4, -0.2) is 18.7 Å². The highest BCUT2D eigenvalue weighted by Gasteiger charge is 2.02. The number of hydrogen-bond donors (Lipinski definition) is 0. The Morgan fingerprint density at radius 1 is 1.25 bits per heavy atom. The van der Waals surface area contributed by atoms with E-state index in [-0.39, 0.29) is 6.61 Å². The number of methoxy groups -OCH3 is 1. The van der Waals surface area contributed by atoms with Gasteiger partial charge in [0.15, 0.2) is 0 Å². The summed E-state index contributed by atoms with van der Waals surface area (Å²) in [5.74, 6) is 7.13. The van der Waals surface area contributed by atoms with Crippen molar-refractivity contribution >= 4 is 11.6 Å². The lowest BCUT2D eigenvalue weighted by Gasteiger charge is -2.06. The number of pyridine rings is 1. The number of aromatic nitrogens is 1. The van der Waals surface area contributed by atoms with E-state index in [1.165, 1.54) is 0 Å². The van der Waals surface area contributed by atoms with Crippen molar-refractivity contribution in [3.8, 4) is 23.3 Å². The van der Waals surface area contributed by atoms with Crippen LogP contribution in [0, 0.1) is 18.8 Å². The second kappa shape index (κ2) is 6.83. The fraction of sp³-hybridized carbons (Fsp3) is 0.188. The highest BCUT2D eigenvalue weighted by atomic mass is 35.5. The van der Waals surface area contributed by atoms with Gasteiger partial charge in [-0.25, -0.2) is 4.98 Å². The molecule has 0 aliphatic carbocycles. The fourth-order valence-corrected chi connectivity index (χ4v) is 1.80. The van der Waals surface area contributed by atoms with Gasteiger partial charge in [0.25, 0.3) is 0 Å². The van der Waals surface area contributed by atoms with Gasteiger partial charge in [-0.3, -0.25) is 0 Å². The van der Waals surface area contributed by atoms with Crippen LogP contribution in [0.15, 0.2) is 36.4 Å². The summed E-state index contributed by atoms with van der Waals surface area (Å²) in [5, 5.41) is 0.500. The van der Waals surface area contributed by atoms with E-state index in [4.69, 9.17) is 21.1 Å². The maximum Gasteiger partial charge on any atom is 0.149 e. The molecule has 0 aliphatic heterocycles. The van der Waals surface area contributed by atoms with Crippen molar-refractivity contribution in [2.75, 3.05) is 13.7 Å². The molecule has 0 atom stereocenters. The average Bonchev–Trinajstić information content (AvgIpc) is 2.45. The molecular formula is C16H14ClNO2. The van der Waals surface area contributed by atoms with Crippen LogP contribution in [0.4, 0.5) is 0 Å². The molecule has 0 bridgehead atoms. The van der Waals surface area contributed by atoms with Gasteiger partial charge < -0.3 is 9.47 Å². The molecule has 0 aliphatic rings. The second-order valence-electron chi connectivity index (χ2n) is 4.05. The molecule has 2 rings (SSSR count). The van der Waals surface area contributed by atoms with Gasteiger partial charge in [0, 0.05) is 11.8 Å². The Hall–Kier alpha value is -2.18. The topological polar surface area (TPSA) is 31.4 Å². The van der Waals surface area contributed by atoms with Gasteiger partial charge in [0.1, 0.15) is 23.8 Å². The third-order valence-electron chi connectivity index (χ3n) is 2.54. The number of halogens is 1. The van der Waals surface area contributed by atoms with Crippen molar-refractivity contribution in [1.29, 1.82) is 0 Å². The molecule has 0 saturated carbocycles. The summed E-state index contributed by atoms with van der Waals surface area (Å²) in [5.41, 5.74) is 1.67. The summed E-state index contributed by atoms with van der Waals surface area (Å²) in [6.45, 7) is 2.18. The molecule has 0 amide bonds. The molecule has 0 radical (unpaired) electrons. The van der Waals surface area contributed by atoms with Crippen LogP contribution in [0.1, 0.15) is 11.4 Å². The van der Waals surface area contributed by atoms with E-state index in [0.717, 1.165) is 11.4 Å². The van der Waals surface area contributed by atoms with Crippen LogP contribution >= 0.6 is 11.6 Å². The van der Waals surface area contributed by atoms with Gasteiger partial charge in [-0.2, -0.15) is 0 Å². The summed E-state index contributed by atoms with van der Waals surface area (Å²) in [7, 11) is 1.59. The monoisotopic (exact) mass is 287 g/mol. The third kappa shape index (κ3) is 3.91. The van der Waals surface area contributed by atoms with Crippen molar-refractivity contribution in [2.45, 2.75) is 6.92 Å². The van der Waals surface area contributed by atoms with E-state index in [9.17, 15) is 0 Å². The lowest BCUT2D eigenvalue weighted by Crippen LogP contribution is -1.95. The van der Waals surface area contributed by atoms with Gasteiger partial charge in [-0.05, 0) is 37.1 Å². The normalized spacial score (nSPS) is 9.55. The Morgan fingerprint density at radius 2 is 2.10 bits per heavy atom. The average molecular weight is 288 g/mol. The van der Waals surface area contributed by atoms with Crippen LogP contribution < -0.4 is 9.47 Å². The fourth-order valence-electron chi connectivity index (χ4n) is 1.58. The predicted molar refractivity (Wildman–Crippen MR) is 79.4 cm³/mol. The van der Waals surface area contributed by atoms with Crippen molar-refractivity contribution in [1.82, 2.24) is 4.98 Å². The molecule has 102 valence electrons. The van der Waals surface area contributed by atoms with Crippen LogP contribution in [0.5, 0.6) is 11.5 Å². The molecule has 1 aromatic carbocycles. The zero-order chi connectivity index (χ0) is 14.4. The predicted octanol–water partition coefficient (Wildman–Crippen LogP) is 3.48. The number of nitrogens with zero attached hydrogens (tertiary/aromatic N) is 1. The summed E-state index contributed by atoms with van der Waals surface area (Å²) in [4.78, 5) is 4.29. The first-order chi connectivity index (χ1) is 9.69. The van der Waals surface area contributed by atoms with Crippen molar-refractivity contribution in [3.63, 3.8) is 0 Å². The van der Waals surface area contributed by atoms with E-state index < -0.39 is 0 Å².